The highest BCUT2D eigenvalue weighted by molar-refractivity contribution is 9.10. The molecule has 31 heavy (non-hydrogen) atoms. The highest BCUT2D eigenvalue weighted by Crippen LogP contribution is 2.36. The summed E-state index contributed by atoms with van der Waals surface area (Å²) in [6.07, 6.45) is 0.156. The molecule has 1 aromatic heterocycles. The lowest BCUT2D eigenvalue weighted by molar-refractivity contribution is 0.398. The molecule has 0 spiro atoms. The first-order valence-electron chi connectivity index (χ1n) is 8.98. The fourth-order valence-electron chi connectivity index (χ4n) is 2.90. The summed E-state index contributed by atoms with van der Waals surface area (Å²) < 4.78 is 26.6. The summed E-state index contributed by atoms with van der Waals surface area (Å²) in [6.45, 7) is 0. The molecule has 9 heteroatoms. The van der Waals surface area contributed by atoms with E-state index < -0.39 is 5.82 Å². The van der Waals surface area contributed by atoms with Gasteiger partial charge < -0.3 is 15.2 Å². The van der Waals surface area contributed by atoms with Gasteiger partial charge in [0.05, 0.1) is 23.2 Å². The van der Waals surface area contributed by atoms with Gasteiger partial charge in [-0.3, -0.25) is 4.99 Å². The maximum Gasteiger partial charge on any atom is 0.214 e. The number of nitriles is 1. The Hall–Kier alpha value is -3.15. The summed E-state index contributed by atoms with van der Waals surface area (Å²) in [5.41, 5.74) is 7.81. The van der Waals surface area contributed by atoms with Gasteiger partial charge in [-0.05, 0) is 51.8 Å². The minimum atomic E-state index is -0.575. The Kier molecular flexibility index (Phi) is 7.10. The van der Waals surface area contributed by atoms with E-state index in [4.69, 9.17) is 32.1 Å². The topological polar surface area (TPSA) is 93.5 Å². The molecular weight excluding hydrogens is 487 g/mol. The maximum atomic E-state index is 15.4. The van der Waals surface area contributed by atoms with E-state index in [1.54, 1.807) is 31.3 Å². The zero-order valence-corrected chi connectivity index (χ0v) is 19.0. The van der Waals surface area contributed by atoms with E-state index in [0.29, 0.717) is 37.8 Å². The van der Waals surface area contributed by atoms with E-state index in [-0.39, 0.29) is 23.7 Å². The first-order chi connectivity index (χ1) is 14.9. The van der Waals surface area contributed by atoms with Gasteiger partial charge in [-0.25, -0.2) is 4.39 Å². The molecular formula is C22H17BrClFN4O2. The molecule has 3 aromatic rings. The largest absolute Gasteiger partial charge is 0.481 e. The van der Waals surface area contributed by atoms with E-state index >= 15 is 4.39 Å². The standard InChI is InChI=1S/C22H17BrClFN4O2/c1-28-18(16-4-6-19(30-2)29-22(16)27)9-13-3-5-17(23)21(20(13)25)31-15-8-12(11-26)7-14(24)10-15/h3-8,10H,9H2,1-2H3,(H2,27,29). The van der Waals surface area contributed by atoms with Gasteiger partial charge in [0.15, 0.2) is 11.6 Å². The first kappa shape index (κ1) is 22.5. The molecule has 1 heterocycles. The average Bonchev–Trinajstić information content (AvgIpc) is 2.76. The average molecular weight is 504 g/mol. The molecule has 6 nitrogen and oxygen atoms in total. The van der Waals surface area contributed by atoms with Crippen LogP contribution in [0.15, 0.2) is 51.9 Å². The second-order valence-corrected chi connectivity index (χ2v) is 7.66. The highest BCUT2D eigenvalue weighted by Gasteiger charge is 2.18. The molecule has 0 aliphatic heterocycles. The molecule has 0 saturated carbocycles. The number of aromatic nitrogens is 1. The highest BCUT2D eigenvalue weighted by atomic mass is 79.9. The van der Waals surface area contributed by atoms with Crippen molar-refractivity contribution in [1.29, 1.82) is 5.26 Å². The van der Waals surface area contributed by atoms with Gasteiger partial charge >= 0.3 is 0 Å². The Balaban J connectivity index is 1.95. The predicted octanol–water partition coefficient (Wildman–Crippen LogP) is 5.55. The van der Waals surface area contributed by atoms with Gasteiger partial charge in [0.2, 0.25) is 5.88 Å². The zero-order chi connectivity index (χ0) is 22.5. The van der Waals surface area contributed by atoms with Crippen LogP contribution in [-0.4, -0.2) is 24.9 Å². The number of aliphatic imine (C=N–C) groups is 1. The molecule has 0 amide bonds. The summed E-state index contributed by atoms with van der Waals surface area (Å²) >= 11 is 9.33. The number of rotatable bonds is 6. The van der Waals surface area contributed by atoms with Crippen LogP contribution in [0.1, 0.15) is 16.7 Å². The molecule has 3 rings (SSSR count). The number of nitrogens with zero attached hydrogens (tertiary/aromatic N) is 3. The van der Waals surface area contributed by atoms with Crippen LogP contribution in [0.2, 0.25) is 5.02 Å². The van der Waals surface area contributed by atoms with Crippen LogP contribution < -0.4 is 15.2 Å². The van der Waals surface area contributed by atoms with Crippen molar-refractivity contribution in [3.63, 3.8) is 0 Å². The third kappa shape index (κ3) is 5.13. The van der Waals surface area contributed by atoms with Gasteiger partial charge in [0.1, 0.15) is 11.6 Å². The van der Waals surface area contributed by atoms with Crippen LogP contribution in [0.25, 0.3) is 0 Å². The molecule has 0 unspecified atom stereocenters. The molecule has 158 valence electrons. The molecule has 0 atom stereocenters. The quantitative estimate of drug-likeness (QED) is 0.445. The van der Waals surface area contributed by atoms with Crippen LogP contribution in [-0.2, 0) is 6.42 Å². The molecule has 0 radical (unpaired) electrons. The van der Waals surface area contributed by atoms with Crippen LogP contribution >= 0.6 is 27.5 Å². The summed E-state index contributed by atoms with van der Waals surface area (Å²) in [4.78, 5) is 8.41. The lowest BCUT2D eigenvalue weighted by atomic mass is 10.0. The number of hydrogen-bond donors (Lipinski definition) is 1. The number of hydrogen-bond acceptors (Lipinski definition) is 6. The summed E-state index contributed by atoms with van der Waals surface area (Å²) in [5, 5.41) is 9.42. The molecule has 2 aromatic carbocycles. The number of benzene rings is 2. The maximum absolute atomic E-state index is 15.4. The Labute approximate surface area is 192 Å². The molecule has 2 N–H and O–H groups in total. The molecule has 0 fully saturated rings. The molecule has 0 bridgehead atoms. The van der Waals surface area contributed by atoms with E-state index in [1.807, 2.05) is 6.07 Å². The van der Waals surface area contributed by atoms with Crippen LogP contribution in [0.5, 0.6) is 17.4 Å². The van der Waals surface area contributed by atoms with E-state index in [2.05, 4.69) is 25.9 Å². The normalized spacial score (nSPS) is 11.2. The van der Waals surface area contributed by atoms with Crippen molar-refractivity contribution in [3.8, 4) is 23.4 Å². The van der Waals surface area contributed by atoms with Crippen molar-refractivity contribution in [1.82, 2.24) is 4.98 Å². The van der Waals surface area contributed by atoms with E-state index in [0.717, 1.165) is 0 Å². The van der Waals surface area contributed by atoms with Gasteiger partial charge in [-0.15, -0.1) is 0 Å². The molecule has 0 saturated heterocycles. The summed E-state index contributed by atoms with van der Waals surface area (Å²) in [5.74, 6) is 0.250. The second-order valence-electron chi connectivity index (χ2n) is 6.37. The second kappa shape index (κ2) is 9.77. The van der Waals surface area contributed by atoms with Gasteiger partial charge in [-0.2, -0.15) is 10.2 Å². The fourth-order valence-corrected chi connectivity index (χ4v) is 3.51. The lowest BCUT2D eigenvalue weighted by Crippen LogP contribution is -2.11. The van der Waals surface area contributed by atoms with Crippen molar-refractivity contribution in [2.24, 2.45) is 4.99 Å². The van der Waals surface area contributed by atoms with Gasteiger partial charge in [-0.1, -0.05) is 17.7 Å². The SMILES string of the molecule is CN=C(Cc1ccc(Br)c(Oc2cc(Cl)cc(C#N)c2)c1F)c1ccc(OC)nc1N. The van der Waals surface area contributed by atoms with Crippen molar-refractivity contribution in [3.05, 3.63) is 74.5 Å². The predicted molar refractivity (Wildman–Crippen MR) is 122 cm³/mol. The Morgan fingerprint density at radius 1 is 1.29 bits per heavy atom. The monoisotopic (exact) mass is 502 g/mol. The van der Waals surface area contributed by atoms with Gasteiger partial charge in [0, 0.05) is 35.8 Å². The number of halogens is 3. The number of anilines is 1. The Morgan fingerprint density at radius 2 is 2.06 bits per heavy atom. The number of methoxy groups -OCH3 is 1. The van der Waals surface area contributed by atoms with Crippen molar-refractivity contribution in [2.45, 2.75) is 6.42 Å². The number of nitrogens with two attached hydrogens (primary N) is 1. The summed E-state index contributed by atoms with van der Waals surface area (Å²) in [6, 6.07) is 13.2. The molecule has 0 aliphatic carbocycles. The smallest absolute Gasteiger partial charge is 0.214 e. The lowest BCUT2D eigenvalue weighted by Gasteiger charge is -2.14. The minimum Gasteiger partial charge on any atom is -0.481 e. The number of nitrogen functional groups attached to an aromatic ring is 1. The third-order valence-electron chi connectivity index (χ3n) is 4.40. The zero-order valence-electron chi connectivity index (χ0n) is 16.6. The van der Waals surface area contributed by atoms with Crippen LogP contribution in [0.3, 0.4) is 0 Å². The number of pyridine rings is 1. The Bertz CT molecular complexity index is 1210. The van der Waals surface area contributed by atoms with E-state index in [1.165, 1.54) is 25.3 Å². The molecule has 0 aliphatic rings. The first-order valence-corrected chi connectivity index (χ1v) is 10.1. The van der Waals surface area contributed by atoms with Gasteiger partial charge in [0.25, 0.3) is 0 Å². The van der Waals surface area contributed by atoms with Crippen molar-refractivity contribution < 1.29 is 13.9 Å². The van der Waals surface area contributed by atoms with Crippen LogP contribution in [0, 0.1) is 17.1 Å². The fraction of sp³-hybridized carbons (Fsp3) is 0.136. The van der Waals surface area contributed by atoms with E-state index in [9.17, 15) is 0 Å². The third-order valence-corrected chi connectivity index (χ3v) is 5.24. The van der Waals surface area contributed by atoms with Crippen molar-refractivity contribution >= 4 is 39.1 Å². The number of ether oxygens (including phenoxy) is 2. The van der Waals surface area contributed by atoms with Crippen LogP contribution in [0.4, 0.5) is 10.2 Å². The minimum absolute atomic E-state index is 0.0278. The summed E-state index contributed by atoms with van der Waals surface area (Å²) in [7, 11) is 3.09. The Morgan fingerprint density at radius 3 is 2.71 bits per heavy atom. The van der Waals surface area contributed by atoms with Crippen molar-refractivity contribution in [2.75, 3.05) is 19.9 Å².